The summed E-state index contributed by atoms with van der Waals surface area (Å²) in [4.78, 5) is 4.24. The summed E-state index contributed by atoms with van der Waals surface area (Å²) in [5.41, 5.74) is 6.51. The molecule has 0 amide bonds. The molecule has 23 heavy (non-hydrogen) atoms. The number of fused-ring (bicyclic) bond motifs is 1. The highest BCUT2D eigenvalue weighted by atomic mass is 14.9. The molecule has 118 valence electrons. The van der Waals surface area contributed by atoms with Crippen molar-refractivity contribution in [2.24, 2.45) is 7.05 Å². The number of rotatable bonds is 1. The van der Waals surface area contributed by atoms with Gasteiger partial charge in [0.1, 0.15) is 7.05 Å². The molecule has 2 heterocycles. The Morgan fingerprint density at radius 1 is 1.00 bits per heavy atom. The normalized spacial score (nSPS) is 11.9. The zero-order valence-electron chi connectivity index (χ0n) is 14.9. The molecule has 0 radical (unpaired) electrons. The standard InChI is InChI=1S/C21H25N2/c1-14-13-22-10-9-18(14)20-19-8-7-17(21(3,4)5)12-16(19)11-15(2)23(20)6/h7-13H,1-6H3/q+1. The van der Waals surface area contributed by atoms with Crippen LogP contribution in [0.15, 0.2) is 42.7 Å². The summed E-state index contributed by atoms with van der Waals surface area (Å²) in [5, 5.41) is 2.60. The number of hydrogen-bond acceptors (Lipinski definition) is 1. The van der Waals surface area contributed by atoms with E-state index in [2.05, 4.69) is 81.5 Å². The maximum absolute atomic E-state index is 4.24. The summed E-state index contributed by atoms with van der Waals surface area (Å²) >= 11 is 0. The van der Waals surface area contributed by atoms with E-state index in [-0.39, 0.29) is 5.41 Å². The summed E-state index contributed by atoms with van der Waals surface area (Å²) in [6.45, 7) is 11.1. The molecule has 3 aromatic rings. The summed E-state index contributed by atoms with van der Waals surface area (Å²) in [6.07, 6.45) is 3.81. The van der Waals surface area contributed by atoms with Gasteiger partial charge in [-0.3, -0.25) is 4.98 Å². The van der Waals surface area contributed by atoms with Crippen molar-refractivity contribution >= 4 is 10.8 Å². The number of pyridine rings is 2. The number of aryl methyl sites for hydroxylation is 2. The van der Waals surface area contributed by atoms with Crippen LogP contribution < -0.4 is 4.57 Å². The van der Waals surface area contributed by atoms with Gasteiger partial charge in [0.25, 0.3) is 0 Å². The van der Waals surface area contributed by atoms with E-state index >= 15 is 0 Å². The van der Waals surface area contributed by atoms with E-state index in [1.807, 2.05) is 12.4 Å². The smallest absolute Gasteiger partial charge is 0.220 e. The fourth-order valence-electron chi connectivity index (χ4n) is 3.11. The van der Waals surface area contributed by atoms with Crippen molar-refractivity contribution < 1.29 is 4.57 Å². The van der Waals surface area contributed by atoms with Crippen molar-refractivity contribution in [3.05, 3.63) is 59.5 Å². The molecular formula is C21H25N2+. The van der Waals surface area contributed by atoms with Crippen LogP contribution in [-0.2, 0) is 12.5 Å². The Bertz CT molecular complexity index is 886. The maximum Gasteiger partial charge on any atom is 0.220 e. The van der Waals surface area contributed by atoms with Crippen LogP contribution in [0.1, 0.15) is 37.6 Å². The highest BCUT2D eigenvalue weighted by Crippen LogP contribution is 2.31. The minimum Gasteiger partial charge on any atom is -0.264 e. The van der Waals surface area contributed by atoms with Crippen LogP contribution in [0, 0.1) is 13.8 Å². The Hall–Kier alpha value is -2.22. The highest BCUT2D eigenvalue weighted by molar-refractivity contribution is 5.94. The van der Waals surface area contributed by atoms with E-state index in [0.29, 0.717) is 0 Å². The summed E-state index contributed by atoms with van der Waals surface area (Å²) in [7, 11) is 2.14. The van der Waals surface area contributed by atoms with Gasteiger partial charge in [-0.1, -0.05) is 32.9 Å². The Morgan fingerprint density at radius 3 is 2.39 bits per heavy atom. The van der Waals surface area contributed by atoms with Gasteiger partial charge in [-0.05, 0) is 41.0 Å². The van der Waals surface area contributed by atoms with E-state index in [0.717, 1.165) is 0 Å². The molecule has 2 nitrogen and oxygen atoms in total. The van der Waals surface area contributed by atoms with Gasteiger partial charge >= 0.3 is 0 Å². The molecule has 0 bridgehead atoms. The summed E-state index contributed by atoms with van der Waals surface area (Å²) in [5.74, 6) is 0. The van der Waals surface area contributed by atoms with E-state index in [9.17, 15) is 0 Å². The average molecular weight is 305 g/mol. The first-order valence-electron chi connectivity index (χ1n) is 8.14. The van der Waals surface area contributed by atoms with Gasteiger partial charge in [-0.15, -0.1) is 0 Å². The minimum absolute atomic E-state index is 0.160. The second-order valence-corrected chi connectivity index (χ2v) is 7.44. The van der Waals surface area contributed by atoms with Crippen LogP contribution in [0.2, 0.25) is 0 Å². The van der Waals surface area contributed by atoms with Gasteiger partial charge < -0.3 is 0 Å². The zero-order valence-corrected chi connectivity index (χ0v) is 14.9. The zero-order chi connectivity index (χ0) is 16.8. The molecule has 0 aliphatic rings. The fraction of sp³-hybridized carbons (Fsp3) is 0.333. The third-order valence-corrected chi connectivity index (χ3v) is 4.68. The molecule has 0 aliphatic heterocycles. The van der Waals surface area contributed by atoms with Crippen LogP contribution in [-0.4, -0.2) is 4.98 Å². The Kier molecular flexibility index (Phi) is 3.71. The van der Waals surface area contributed by atoms with Crippen molar-refractivity contribution in [2.45, 2.75) is 40.0 Å². The quantitative estimate of drug-likeness (QED) is 0.598. The monoisotopic (exact) mass is 305 g/mol. The van der Waals surface area contributed by atoms with Crippen molar-refractivity contribution in [1.29, 1.82) is 0 Å². The molecular weight excluding hydrogens is 280 g/mol. The molecule has 0 spiro atoms. The van der Waals surface area contributed by atoms with Gasteiger partial charge in [-0.2, -0.15) is 4.57 Å². The van der Waals surface area contributed by atoms with Gasteiger partial charge in [0.2, 0.25) is 5.69 Å². The van der Waals surface area contributed by atoms with Gasteiger partial charge in [-0.25, -0.2) is 0 Å². The SMILES string of the molecule is Cc1cnccc1-c1c2ccc(C(C)(C)C)cc2cc(C)[n+]1C. The lowest BCUT2D eigenvalue weighted by atomic mass is 9.85. The Morgan fingerprint density at radius 2 is 1.74 bits per heavy atom. The molecule has 0 fully saturated rings. The highest BCUT2D eigenvalue weighted by Gasteiger charge is 2.21. The minimum atomic E-state index is 0.160. The van der Waals surface area contributed by atoms with Crippen LogP contribution in [0.4, 0.5) is 0 Å². The van der Waals surface area contributed by atoms with E-state index in [1.54, 1.807) is 0 Å². The van der Waals surface area contributed by atoms with Crippen molar-refractivity contribution in [2.75, 3.05) is 0 Å². The molecule has 3 rings (SSSR count). The summed E-state index contributed by atoms with van der Waals surface area (Å²) in [6, 6.07) is 11.3. The van der Waals surface area contributed by atoms with Crippen LogP contribution in [0.5, 0.6) is 0 Å². The molecule has 0 atom stereocenters. The van der Waals surface area contributed by atoms with E-state index in [1.165, 1.54) is 38.9 Å². The van der Waals surface area contributed by atoms with Gasteiger partial charge in [0.15, 0.2) is 5.69 Å². The first-order valence-corrected chi connectivity index (χ1v) is 8.14. The third-order valence-electron chi connectivity index (χ3n) is 4.68. The topological polar surface area (TPSA) is 16.8 Å². The molecule has 0 saturated heterocycles. The van der Waals surface area contributed by atoms with E-state index < -0.39 is 0 Å². The number of benzene rings is 1. The number of aromatic nitrogens is 2. The van der Waals surface area contributed by atoms with Gasteiger partial charge in [0, 0.05) is 25.4 Å². The molecule has 0 N–H and O–H groups in total. The molecule has 0 unspecified atom stereocenters. The number of nitrogens with zero attached hydrogens (tertiary/aromatic N) is 2. The largest absolute Gasteiger partial charge is 0.264 e. The molecule has 0 saturated carbocycles. The van der Waals surface area contributed by atoms with Crippen LogP contribution in [0.25, 0.3) is 22.0 Å². The molecule has 1 aromatic carbocycles. The van der Waals surface area contributed by atoms with Crippen molar-refractivity contribution in [3.63, 3.8) is 0 Å². The second-order valence-electron chi connectivity index (χ2n) is 7.44. The third kappa shape index (κ3) is 2.74. The lowest BCUT2D eigenvalue weighted by Crippen LogP contribution is -2.35. The Labute approximate surface area is 138 Å². The van der Waals surface area contributed by atoms with Crippen LogP contribution in [0.3, 0.4) is 0 Å². The van der Waals surface area contributed by atoms with Crippen molar-refractivity contribution in [1.82, 2.24) is 4.98 Å². The molecule has 2 heteroatoms. The fourth-order valence-corrected chi connectivity index (χ4v) is 3.11. The molecule has 2 aromatic heterocycles. The Balaban J connectivity index is 2.38. The predicted octanol–water partition coefficient (Wildman–Crippen LogP) is 4.64. The van der Waals surface area contributed by atoms with Gasteiger partial charge in [0.05, 0.1) is 10.9 Å². The number of hydrogen-bond donors (Lipinski definition) is 0. The second kappa shape index (κ2) is 5.45. The maximum atomic E-state index is 4.24. The lowest BCUT2D eigenvalue weighted by molar-refractivity contribution is -0.665. The molecule has 0 aliphatic carbocycles. The first-order chi connectivity index (χ1) is 10.8. The average Bonchev–Trinajstić information content (AvgIpc) is 2.48. The van der Waals surface area contributed by atoms with Crippen LogP contribution >= 0.6 is 0 Å². The first kappa shape index (κ1) is 15.7. The summed E-state index contributed by atoms with van der Waals surface area (Å²) < 4.78 is 2.28. The lowest BCUT2D eigenvalue weighted by Gasteiger charge is -2.20. The van der Waals surface area contributed by atoms with Crippen molar-refractivity contribution in [3.8, 4) is 11.3 Å². The van der Waals surface area contributed by atoms with E-state index in [4.69, 9.17) is 0 Å². The predicted molar refractivity (Wildman–Crippen MR) is 96.5 cm³/mol.